The van der Waals surface area contributed by atoms with Crippen LogP contribution in [-0.4, -0.2) is 0 Å². The first-order valence-corrected chi connectivity index (χ1v) is 6.92. The van der Waals surface area contributed by atoms with Crippen molar-refractivity contribution in [3.05, 3.63) is 59.2 Å². The third-order valence-corrected chi connectivity index (χ3v) is 4.88. The molecule has 0 nitrogen and oxygen atoms in total. The van der Waals surface area contributed by atoms with E-state index in [0.717, 1.165) is 20.9 Å². The largest absolute Gasteiger partial charge is 0.170 e. The molecule has 0 spiro atoms. The molecule has 1 aliphatic rings. The molecule has 0 aliphatic carbocycles. The molecule has 0 aromatic heterocycles. The second-order valence-corrected chi connectivity index (χ2v) is 6.58. The van der Waals surface area contributed by atoms with Crippen LogP contribution in [0.3, 0.4) is 0 Å². The maximum absolute atomic E-state index is 6.56. The molecule has 0 bridgehead atoms. The molecule has 0 fully saturated rings. The summed E-state index contributed by atoms with van der Waals surface area (Å²) in [5, 5.41) is 0. The van der Waals surface area contributed by atoms with Gasteiger partial charge >= 0.3 is 0 Å². The van der Waals surface area contributed by atoms with Crippen LogP contribution in [0.5, 0.6) is 0 Å². The second kappa shape index (κ2) is 3.94. The van der Waals surface area contributed by atoms with E-state index in [2.05, 4.69) is 31.2 Å². The SMILES string of the molecule is Cc1ccc2c(c1)C(Cl)(Cl)c1ccccc1S2. The Morgan fingerprint density at radius 3 is 2.47 bits per heavy atom. The molecule has 0 atom stereocenters. The molecular weight excluding hydrogens is 271 g/mol. The van der Waals surface area contributed by atoms with E-state index < -0.39 is 4.33 Å². The predicted octanol–water partition coefficient (Wildman–Crippen LogP) is 5.14. The van der Waals surface area contributed by atoms with E-state index in [-0.39, 0.29) is 0 Å². The fourth-order valence-corrected chi connectivity index (χ4v) is 4.10. The molecule has 86 valence electrons. The van der Waals surface area contributed by atoms with Crippen molar-refractivity contribution in [3.63, 3.8) is 0 Å². The minimum absolute atomic E-state index is 0.941. The van der Waals surface area contributed by atoms with Gasteiger partial charge < -0.3 is 0 Å². The number of rotatable bonds is 0. The molecule has 3 rings (SSSR count). The Bertz CT molecular complexity index is 591. The van der Waals surface area contributed by atoms with Gasteiger partial charge in [-0.15, -0.1) is 0 Å². The van der Waals surface area contributed by atoms with E-state index in [1.807, 2.05) is 18.2 Å². The molecular formula is C14H10Cl2S. The Labute approximate surface area is 115 Å². The lowest BCUT2D eigenvalue weighted by molar-refractivity contribution is 0.938. The highest BCUT2D eigenvalue weighted by Gasteiger charge is 2.37. The zero-order valence-corrected chi connectivity index (χ0v) is 11.5. The molecule has 0 unspecified atom stereocenters. The molecule has 2 aromatic rings. The standard InChI is InChI=1S/C14H10Cl2S/c1-9-6-7-13-11(8-9)14(15,16)10-4-2-3-5-12(10)17-13/h2-8H,1H3. The van der Waals surface area contributed by atoms with Crippen LogP contribution < -0.4 is 0 Å². The number of halogens is 2. The third-order valence-electron chi connectivity index (χ3n) is 2.92. The lowest BCUT2D eigenvalue weighted by Crippen LogP contribution is -2.18. The molecule has 1 aliphatic heterocycles. The highest BCUT2D eigenvalue weighted by molar-refractivity contribution is 7.99. The summed E-state index contributed by atoms with van der Waals surface area (Å²) in [4.78, 5) is 2.27. The number of aryl methyl sites for hydroxylation is 1. The topological polar surface area (TPSA) is 0 Å². The highest BCUT2D eigenvalue weighted by Crippen LogP contribution is 2.53. The van der Waals surface area contributed by atoms with E-state index >= 15 is 0 Å². The summed E-state index contributed by atoms with van der Waals surface area (Å²) in [7, 11) is 0. The third kappa shape index (κ3) is 1.77. The van der Waals surface area contributed by atoms with Gasteiger partial charge in [0.25, 0.3) is 0 Å². The van der Waals surface area contributed by atoms with E-state index in [0.29, 0.717) is 0 Å². The van der Waals surface area contributed by atoms with Crippen LogP contribution in [0.25, 0.3) is 0 Å². The minimum atomic E-state index is -0.941. The molecule has 1 heterocycles. The molecule has 0 radical (unpaired) electrons. The van der Waals surface area contributed by atoms with Gasteiger partial charge in [-0.25, -0.2) is 0 Å². The molecule has 17 heavy (non-hydrogen) atoms. The molecule has 0 saturated carbocycles. The normalized spacial score (nSPS) is 16.2. The van der Waals surface area contributed by atoms with Gasteiger partial charge in [0.1, 0.15) is 0 Å². The highest BCUT2D eigenvalue weighted by atomic mass is 35.5. The van der Waals surface area contributed by atoms with Gasteiger partial charge in [0, 0.05) is 20.9 Å². The maximum Gasteiger partial charge on any atom is 0.170 e. The molecule has 0 saturated heterocycles. The Balaban J connectivity index is 2.27. The van der Waals surface area contributed by atoms with Crippen LogP contribution >= 0.6 is 35.0 Å². The van der Waals surface area contributed by atoms with Crippen LogP contribution in [0.2, 0.25) is 0 Å². The quantitative estimate of drug-likeness (QED) is 0.603. The van der Waals surface area contributed by atoms with Gasteiger partial charge in [0.2, 0.25) is 0 Å². The lowest BCUT2D eigenvalue weighted by atomic mass is 10.0. The van der Waals surface area contributed by atoms with Crippen molar-refractivity contribution >= 4 is 35.0 Å². The first kappa shape index (κ1) is 11.5. The lowest BCUT2D eigenvalue weighted by Gasteiger charge is -2.30. The minimum Gasteiger partial charge on any atom is -0.0908 e. The van der Waals surface area contributed by atoms with Crippen LogP contribution in [0.15, 0.2) is 52.3 Å². The second-order valence-electron chi connectivity index (χ2n) is 4.17. The van der Waals surface area contributed by atoms with Crippen molar-refractivity contribution in [2.45, 2.75) is 21.0 Å². The summed E-state index contributed by atoms with van der Waals surface area (Å²) in [6.45, 7) is 2.05. The van der Waals surface area contributed by atoms with Crippen molar-refractivity contribution in [2.75, 3.05) is 0 Å². The van der Waals surface area contributed by atoms with Crippen LogP contribution in [0.1, 0.15) is 16.7 Å². The van der Waals surface area contributed by atoms with Crippen LogP contribution in [-0.2, 0) is 4.33 Å². The van der Waals surface area contributed by atoms with Crippen molar-refractivity contribution in [1.29, 1.82) is 0 Å². The Kier molecular flexibility index (Phi) is 2.66. The predicted molar refractivity (Wildman–Crippen MR) is 74.2 cm³/mol. The maximum atomic E-state index is 6.56. The number of hydrogen-bond acceptors (Lipinski definition) is 1. The van der Waals surface area contributed by atoms with Gasteiger partial charge in [-0.3, -0.25) is 0 Å². The Morgan fingerprint density at radius 1 is 0.941 bits per heavy atom. The Morgan fingerprint density at radius 2 is 1.65 bits per heavy atom. The average Bonchev–Trinajstić information content (AvgIpc) is 2.31. The average molecular weight is 281 g/mol. The van der Waals surface area contributed by atoms with Gasteiger partial charge in [0.15, 0.2) is 4.33 Å². The van der Waals surface area contributed by atoms with Gasteiger partial charge in [0.05, 0.1) is 0 Å². The molecule has 2 aromatic carbocycles. The zero-order valence-electron chi connectivity index (χ0n) is 9.21. The fraction of sp³-hybridized carbons (Fsp3) is 0.143. The van der Waals surface area contributed by atoms with Crippen molar-refractivity contribution in [3.8, 4) is 0 Å². The van der Waals surface area contributed by atoms with E-state index in [1.54, 1.807) is 11.8 Å². The van der Waals surface area contributed by atoms with Gasteiger partial charge in [-0.05, 0) is 19.1 Å². The first-order valence-electron chi connectivity index (χ1n) is 5.35. The summed E-state index contributed by atoms with van der Waals surface area (Å²) in [6, 6.07) is 14.3. The fourth-order valence-electron chi connectivity index (χ4n) is 2.06. The summed E-state index contributed by atoms with van der Waals surface area (Å²) in [5.41, 5.74) is 3.14. The van der Waals surface area contributed by atoms with Crippen LogP contribution in [0, 0.1) is 6.92 Å². The van der Waals surface area contributed by atoms with E-state index in [1.165, 1.54) is 5.56 Å². The van der Waals surface area contributed by atoms with Crippen LogP contribution in [0.4, 0.5) is 0 Å². The number of benzene rings is 2. The molecule has 3 heteroatoms. The summed E-state index contributed by atoms with van der Waals surface area (Å²) >= 11 is 14.8. The van der Waals surface area contributed by atoms with Gasteiger partial charge in [-0.2, -0.15) is 0 Å². The smallest absolute Gasteiger partial charge is 0.0908 e. The number of hydrogen-bond donors (Lipinski definition) is 0. The summed E-state index contributed by atoms with van der Waals surface area (Å²) < 4.78 is -0.941. The Hall–Kier alpha value is -0.630. The van der Waals surface area contributed by atoms with Gasteiger partial charge in [-0.1, -0.05) is 70.9 Å². The first-order chi connectivity index (χ1) is 8.09. The van der Waals surface area contributed by atoms with Crippen molar-refractivity contribution in [1.82, 2.24) is 0 Å². The van der Waals surface area contributed by atoms with E-state index in [4.69, 9.17) is 23.2 Å². The summed E-state index contributed by atoms with van der Waals surface area (Å²) in [5.74, 6) is 0. The van der Waals surface area contributed by atoms with E-state index in [9.17, 15) is 0 Å². The zero-order chi connectivity index (χ0) is 12.0. The summed E-state index contributed by atoms with van der Waals surface area (Å²) in [6.07, 6.45) is 0. The molecule has 0 amide bonds. The number of fused-ring (bicyclic) bond motifs is 2. The van der Waals surface area contributed by atoms with Crippen molar-refractivity contribution < 1.29 is 0 Å². The number of alkyl halides is 2. The molecule has 0 N–H and O–H groups in total. The monoisotopic (exact) mass is 280 g/mol. The van der Waals surface area contributed by atoms with Crippen molar-refractivity contribution in [2.24, 2.45) is 0 Å².